The minimum absolute atomic E-state index is 0.0231. The number of rotatable bonds is 2. The van der Waals surface area contributed by atoms with Crippen molar-refractivity contribution in [3.63, 3.8) is 0 Å². The van der Waals surface area contributed by atoms with Gasteiger partial charge in [-0.2, -0.15) is 0 Å². The van der Waals surface area contributed by atoms with Gasteiger partial charge in [0.1, 0.15) is 0 Å². The summed E-state index contributed by atoms with van der Waals surface area (Å²) in [6, 6.07) is 5.84. The Hall–Kier alpha value is -2.12. The summed E-state index contributed by atoms with van der Waals surface area (Å²) in [5.74, 6) is -2.11. The Morgan fingerprint density at radius 3 is 1.33 bits per heavy atom. The third-order valence-corrected chi connectivity index (χ3v) is 1.46. The average Bonchev–Trinajstić information content (AvgIpc) is 3.06. The van der Waals surface area contributed by atoms with Gasteiger partial charge in [0, 0.05) is 0 Å². The third-order valence-electron chi connectivity index (χ3n) is 1.46. The quantitative estimate of drug-likeness (QED) is 0.866. The van der Waals surface area contributed by atoms with Gasteiger partial charge >= 0.3 is 33.0 Å². The summed E-state index contributed by atoms with van der Waals surface area (Å²) in [4.78, 5) is 19.9. The molecule has 95 valence electrons. The SMILES string of the molecule is O=C(O)c1ccco1.O=C(O)c1ccco1.[O]=[V]. The normalized spacial score (nSPS) is 8.17. The number of hydrogen-bond acceptors (Lipinski definition) is 5. The fourth-order valence-corrected chi connectivity index (χ4v) is 0.800. The molecular weight excluding hydrogens is 283 g/mol. The minimum atomic E-state index is -1.03. The van der Waals surface area contributed by atoms with E-state index < -0.39 is 11.9 Å². The zero-order valence-corrected chi connectivity index (χ0v) is 10.2. The molecule has 0 aliphatic carbocycles. The number of aromatic carboxylic acids is 2. The summed E-state index contributed by atoms with van der Waals surface area (Å²) in [6.07, 6.45) is 2.65. The van der Waals surface area contributed by atoms with Gasteiger partial charge in [0.05, 0.1) is 12.5 Å². The summed E-state index contributed by atoms with van der Waals surface area (Å²) in [6.45, 7) is 0. The molecule has 2 N–H and O–H groups in total. The van der Waals surface area contributed by atoms with Gasteiger partial charge in [0.2, 0.25) is 11.5 Å². The molecule has 7 nitrogen and oxygen atoms in total. The fraction of sp³-hybridized carbons (Fsp3) is 0. The summed E-state index contributed by atoms with van der Waals surface area (Å²) in [7, 11) is 0. The molecule has 2 heterocycles. The van der Waals surface area contributed by atoms with Crippen LogP contribution < -0.4 is 0 Å². The first-order valence-electron chi connectivity index (χ1n) is 4.33. The van der Waals surface area contributed by atoms with Gasteiger partial charge < -0.3 is 19.0 Å². The van der Waals surface area contributed by atoms with Crippen molar-refractivity contribution >= 4 is 11.9 Å². The molecule has 0 amide bonds. The molecule has 0 saturated carbocycles. The van der Waals surface area contributed by atoms with Crippen LogP contribution in [0.4, 0.5) is 0 Å². The number of carbonyl (C=O) groups is 2. The topological polar surface area (TPSA) is 118 Å². The second kappa shape index (κ2) is 8.97. The van der Waals surface area contributed by atoms with Crippen LogP contribution in [-0.2, 0) is 21.0 Å². The number of carboxylic acids is 2. The molecule has 0 aliphatic rings. The van der Waals surface area contributed by atoms with Crippen LogP contribution >= 0.6 is 0 Å². The molecule has 0 unspecified atom stereocenters. The summed E-state index contributed by atoms with van der Waals surface area (Å²) >= 11 is 1.06. The maximum absolute atomic E-state index is 9.97. The van der Waals surface area contributed by atoms with Crippen molar-refractivity contribution < 1.29 is 49.7 Å². The van der Waals surface area contributed by atoms with Gasteiger partial charge in [-0.1, -0.05) is 0 Å². The molecule has 0 aliphatic heterocycles. The second-order valence-electron chi connectivity index (χ2n) is 2.56. The maximum atomic E-state index is 9.97. The van der Waals surface area contributed by atoms with E-state index in [1.807, 2.05) is 0 Å². The fourth-order valence-electron chi connectivity index (χ4n) is 0.800. The molecular formula is C10H8O7V. The molecule has 2 aromatic rings. The molecule has 0 spiro atoms. The van der Waals surface area contributed by atoms with E-state index in [2.05, 4.69) is 8.83 Å². The van der Waals surface area contributed by atoms with Crippen molar-refractivity contribution in [2.24, 2.45) is 0 Å². The second-order valence-corrected chi connectivity index (χ2v) is 2.56. The van der Waals surface area contributed by atoms with Crippen LogP contribution in [0.1, 0.15) is 21.1 Å². The van der Waals surface area contributed by atoms with E-state index >= 15 is 0 Å². The van der Waals surface area contributed by atoms with Crippen LogP contribution in [0.2, 0.25) is 0 Å². The molecule has 0 fully saturated rings. The Morgan fingerprint density at radius 2 is 1.22 bits per heavy atom. The summed E-state index contributed by atoms with van der Waals surface area (Å²) in [5.41, 5.74) is 0. The van der Waals surface area contributed by atoms with Crippen LogP contribution in [0.25, 0.3) is 0 Å². The van der Waals surface area contributed by atoms with E-state index in [0.29, 0.717) is 0 Å². The van der Waals surface area contributed by atoms with Crippen LogP contribution in [0.15, 0.2) is 45.6 Å². The van der Waals surface area contributed by atoms with Crippen molar-refractivity contribution in [1.29, 1.82) is 0 Å². The number of hydrogen-bond donors (Lipinski definition) is 2. The van der Waals surface area contributed by atoms with Crippen molar-refractivity contribution in [2.75, 3.05) is 0 Å². The Kier molecular flexibility index (Phi) is 7.92. The van der Waals surface area contributed by atoms with Crippen LogP contribution in [-0.4, -0.2) is 22.2 Å². The molecule has 0 atom stereocenters. The first-order valence-corrected chi connectivity index (χ1v) is 4.90. The molecule has 0 aromatic carbocycles. The van der Waals surface area contributed by atoms with Crippen LogP contribution in [0.3, 0.4) is 0 Å². The Morgan fingerprint density at radius 1 is 0.889 bits per heavy atom. The van der Waals surface area contributed by atoms with Crippen LogP contribution in [0.5, 0.6) is 0 Å². The van der Waals surface area contributed by atoms with Crippen molar-refractivity contribution in [3.05, 3.63) is 48.3 Å². The Bertz CT molecular complexity index is 416. The van der Waals surface area contributed by atoms with E-state index in [1.165, 1.54) is 36.8 Å². The first-order chi connectivity index (χ1) is 8.61. The average molecular weight is 291 g/mol. The van der Waals surface area contributed by atoms with E-state index in [-0.39, 0.29) is 11.5 Å². The number of carboxylic acid groups (broad SMARTS) is 2. The van der Waals surface area contributed by atoms with E-state index in [4.69, 9.17) is 13.9 Å². The van der Waals surface area contributed by atoms with E-state index in [9.17, 15) is 9.59 Å². The van der Waals surface area contributed by atoms with Gasteiger partial charge in [0.15, 0.2) is 0 Å². The zero-order valence-electron chi connectivity index (χ0n) is 8.85. The number of furan rings is 2. The molecule has 2 rings (SSSR count). The molecule has 0 bridgehead atoms. The predicted molar refractivity (Wildman–Crippen MR) is 52.0 cm³/mol. The predicted octanol–water partition coefficient (Wildman–Crippen LogP) is 1.83. The van der Waals surface area contributed by atoms with Gasteiger partial charge in [-0.05, 0) is 24.3 Å². The molecule has 2 aromatic heterocycles. The third kappa shape index (κ3) is 5.83. The van der Waals surface area contributed by atoms with Gasteiger partial charge in [-0.25, -0.2) is 9.59 Å². The zero-order chi connectivity index (χ0) is 14.0. The van der Waals surface area contributed by atoms with Gasteiger partial charge in [-0.3, -0.25) is 0 Å². The molecule has 0 saturated heterocycles. The Balaban J connectivity index is 0.000000283. The molecule has 8 heteroatoms. The van der Waals surface area contributed by atoms with Crippen molar-refractivity contribution in [2.45, 2.75) is 0 Å². The van der Waals surface area contributed by atoms with Crippen LogP contribution in [0, 0.1) is 0 Å². The van der Waals surface area contributed by atoms with Crippen molar-refractivity contribution in [3.8, 4) is 0 Å². The van der Waals surface area contributed by atoms with Gasteiger partial charge in [0.25, 0.3) is 0 Å². The first kappa shape index (κ1) is 15.9. The van der Waals surface area contributed by atoms with Gasteiger partial charge in [-0.15, -0.1) is 0 Å². The molecule has 0 radical (unpaired) electrons. The van der Waals surface area contributed by atoms with E-state index in [1.54, 1.807) is 0 Å². The summed E-state index contributed by atoms with van der Waals surface area (Å²) in [5, 5.41) is 16.4. The van der Waals surface area contributed by atoms with E-state index in [0.717, 1.165) is 17.4 Å². The van der Waals surface area contributed by atoms with Crippen molar-refractivity contribution in [1.82, 2.24) is 0 Å². The Labute approximate surface area is 110 Å². The molecule has 18 heavy (non-hydrogen) atoms. The summed E-state index contributed by atoms with van der Waals surface area (Å²) < 4.78 is 17.2. The standard InChI is InChI=1S/2C5H4O3.O.V/c2*6-5(7)4-2-1-3-8-4;;/h2*1-3H,(H,6,7);;. The monoisotopic (exact) mass is 291 g/mol.